The van der Waals surface area contributed by atoms with E-state index in [1.807, 2.05) is 25.1 Å². The number of Topliss-reactive ketones (excluding diaryl/α,β-unsaturated/α-hetero) is 1. The first kappa shape index (κ1) is 29.0. The fourth-order valence-corrected chi connectivity index (χ4v) is 5.03. The van der Waals surface area contributed by atoms with Gasteiger partial charge >= 0.3 is 6.03 Å². The van der Waals surface area contributed by atoms with E-state index < -0.39 is 0 Å². The topological polar surface area (TPSA) is 141 Å². The molecule has 1 aromatic heterocycles. The number of ketones is 1. The van der Waals surface area contributed by atoms with Gasteiger partial charge in [0.15, 0.2) is 5.78 Å². The summed E-state index contributed by atoms with van der Waals surface area (Å²) < 4.78 is 5.90. The molecule has 220 valence electrons. The predicted molar refractivity (Wildman–Crippen MR) is 162 cm³/mol. The van der Waals surface area contributed by atoms with Gasteiger partial charge in [-0.25, -0.2) is 9.78 Å². The highest BCUT2D eigenvalue weighted by Crippen LogP contribution is 2.31. The third-order valence-electron chi connectivity index (χ3n) is 7.25. The number of nitrogens with zero attached hydrogens (tertiary/aromatic N) is 4. The van der Waals surface area contributed by atoms with Crippen LogP contribution in [0.2, 0.25) is 0 Å². The minimum Gasteiger partial charge on any atom is -0.371 e. The van der Waals surface area contributed by atoms with Crippen molar-refractivity contribution in [2.45, 2.75) is 26.9 Å². The van der Waals surface area contributed by atoms with Crippen LogP contribution in [-0.4, -0.2) is 78.5 Å². The van der Waals surface area contributed by atoms with E-state index in [0.717, 1.165) is 29.2 Å². The molecule has 12 nitrogen and oxygen atoms in total. The summed E-state index contributed by atoms with van der Waals surface area (Å²) in [7, 11) is 0. The van der Waals surface area contributed by atoms with Crippen LogP contribution < -0.4 is 26.2 Å². The molecule has 2 fully saturated rings. The Kier molecular flexibility index (Phi) is 8.94. The first-order chi connectivity index (χ1) is 20.3. The minimum atomic E-state index is -0.181. The number of carbonyl (C=O) groups is 3. The van der Waals surface area contributed by atoms with Crippen LogP contribution in [0.15, 0.2) is 48.7 Å². The highest BCUT2D eigenvalue weighted by atomic mass is 16.5. The molecule has 3 amide bonds. The SMILES string of the molecule is CC(=O)Nc1cc(Nc2ncc(C)c(N3CCN(C(=O)Nc4ccc(C(C)=O)cc4)CC3)n2)ccc1C1CNCCO1. The van der Waals surface area contributed by atoms with Gasteiger partial charge in [-0.05, 0) is 50.2 Å². The second kappa shape index (κ2) is 13.0. The van der Waals surface area contributed by atoms with Gasteiger partial charge in [0.2, 0.25) is 11.9 Å². The monoisotopic (exact) mass is 572 g/mol. The minimum absolute atomic E-state index is 0.0162. The van der Waals surface area contributed by atoms with Gasteiger partial charge in [-0.3, -0.25) is 9.59 Å². The van der Waals surface area contributed by atoms with Crippen LogP contribution in [-0.2, 0) is 9.53 Å². The zero-order chi connectivity index (χ0) is 29.6. The smallest absolute Gasteiger partial charge is 0.321 e. The molecule has 0 bridgehead atoms. The van der Waals surface area contributed by atoms with Crippen molar-refractivity contribution in [3.05, 3.63) is 65.4 Å². The van der Waals surface area contributed by atoms with Gasteiger partial charge in [-0.1, -0.05) is 6.07 Å². The van der Waals surface area contributed by atoms with E-state index in [1.54, 1.807) is 35.4 Å². The molecule has 0 aliphatic carbocycles. The molecular formula is C30H36N8O4. The summed E-state index contributed by atoms with van der Waals surface area (Å²) in [4.78, 5) is 49.4. The zero-order valence-corrected chi connectivity index (χ0v) is 24.1. The maximum Gasteiger partial charge on any atom is 0.321 e. The molecule has 42 heavy (non-hydrogen) atoms. The lowest BCUT2D eigenvalue weighted by molar-refractivity contribution is -0.114. The number of piperazine rings is 1. The number of anilines is 5. The molecule has 3 aromatic rings. The van der Waals surface area contributed by atoms with E-state index in [4.69, 9.17) is 9.72 Å². The first-order valence-electron chi connectivity index (χ1n) is 14.0. The van der Waals surface area contributed by atoms with Crippen LogP contribution in [0.1, 0.15) is 41.4 Å². The van der Waals surface area contributed by atoms with Crippen molar-refractivity contribution >= 4 is 46.5 Å². The molecular weight excluding hydrogens is 536 g/mol. The first-order valence-corrected chi connectivity index (χ1v) is 14.0. The lowest BCUT2D eigenvalue weighted by Crippen LogP contribution is -2.50. The Morgan fingerprint density at radius 3 is 2.38 bits per heavy atom. The molecule has 0 spiro atoms. The van der Waals surface area contributed by atoms with Gasteiger partial charge < -0.3 is 35.8 Å². The van der Waals surface area contributed by atoms with Crippen LogP contribution in [0.4, 0.5) is 33.6 Å². The number of rotatable bonds is 7. The molecule has 5 rings (SSSR count). The van der Waals surface area contributed by atoms with Gasteiger partial charge in [0.05, 0.1) is 12.7 Å². The van der Waals surface area contributed by atoms with Crippen LogP contribution in [0.3, 0.4) is 0 Å². The number of hydrogen-bond acceptors (Lipinski definition) is 9. The summed E-state index contributed by atoms with van der Waals surface area (Å²) in [6.45, 7) is 9.34. The number of aryl methyl sites for hydroxylation is 1. The molecule has 2 aliphatic rings. The Balaban J connectivity index is 1.23. The number of hydrogen-bond donors (Lipinski definition) is 4. The van der Waals surface area contributed by atoms with E-state index in [-0.39, 0.29) is 23.8 Å². The Bertz CT molecular complexity index is 1450. The Morgan fingerprint density at radius 2 is 1.71 bits per heavy atom. The zero-order valence-electron chi connectivity index (χ0n) is 24.1. The van der Waals surface area contributed by atoms with Gasteiger partial charge in [0.25, 0.3) is 0 Å². The maximum absolute atomic E-state index is 12.8. The Labute approximate surface area is 244 Å². The van der Waals surface area contributed by atoms with Crippen molar-refractivity contribution in [1.82, 2.24) is 20.2 Å². The van der Waals surface area contributed by atoms with Crippen LogP contribution >= 0.6 is 0 Å². The number of amides is 3. The van der Waals surface area contributed by atoms with E-state index in [2.05, 4.69) is 31.2 Å². The third kappa shape index (κ3) is 7.01. The third-order valence-corrected chi connectivity index (χ3v) is 7.25. The van der Waals surface area contributed by atoms with Crippen molar-refractivity contribution in [3.8, 4) is 0 Å². The predicted octanol–water partition coefficient (Wildman–Crippen LogP) is 3.70. The number of carbonyl (C=O) groups excluding carboxylic acids is 3. The molecule has 0 saturated carbocycles. The molecule has 1 unspecified atom stereocenters. The Hall–Kier alpha value is -4.55. The number of urea groups is 1. The summed E-state index contributed by atoms with van der Waals surface area (Å²) in [5, 5.41) is 12.4. The largest absolute Gasteiger partial charge is 0.371 e. The summed E-state index contributed by atoms with van der Waals surface area (Å²) in [6, 6.07) is 12.4. The van der Waals surface area contributed by atoms with Crippen LogP contribution in [0.25, 0.3) is 0 Å². The number of morpholine rings is 1. The Morgan fingerprint density at radius 1 is 0.976 bits per heavy atom. The van der Waals surface area contributed by atoms with E-state index >= 15 is 0 Å². The fraction of sp³-hybridized carbons (Fsp3) is 0.367. The molecule has 4 N–H and O–H groups in total. The average molecular weight is 573 g/mol. The summed E-state index contributed by atoms with van der Waals surface area (Å²) in [5.74, 6) is 1.05. The number of ether oxygens (including phenoxy) is 1. The van der Waals surface area contributed by atoms with Crippen LogP contribution in [0.5, 0.6) is 0 Å². The molecule has 2 saturated heterocycles. The number of aromatic nitrogens is 2. The number of nitrogens with one attached hydrogen (secondary N) is 4. The maximum atomic E-state index is 12.8. The van der Waals surface area contributed by atoms with Crippen LogP contribution in [0, 0.1) is 6.92 Å². The molecule has 3 heterocycles. The standard InChI is InChI=1S/C30H36N8O4/c1-19-17-32-29(34-24-8-9-25(26(16-24)33-21(3)40)27-18-31-10-15-42-27)36-28(19)37-11-13-38(14-12-37)30(41)35-23-6-4-22(5-7-23)20(2)39/h4-9,16-17,27,31H,10-15,18H2,1-3H3,(H,33,40)(H,35,41)(H,32,34,36). The van der Waals surface area contributed by atoms with Crippen molar-refractivity contribution in [2.24, 2.45) is 0 Å². The highest BCUT2D eigenvalue weighted by Gasteiger charge is 2.24. The molecule has 12 heteroatoms. The van der Waals surface area contributed by atoms with Crippen molar-refractivity contribution in [1.29, 1.82) is 0 Å². The van der Waals surface area contributed by atoms with Crippen molar-refractivity contribution in [3.63, 3.8) is 0 Å². The van der Waals surface area contributed by atoms with Gasteiger partial charge in [-0.2, -0.15) is 4.98 Å². The molecule has 2 aromatic carbocycles. The fourth-order valence-electron chi connectivity index (χ4n) is 5.03. The quantitative estimate of drug-likeness (QED) is 0.312. The second-order valence-electron chi connectivity index (χ2n) is 10.4. The highest BCUT2D eigenvalue weighted by molar-refractivity contribution is 5.95. The normalized spacial score (nSPS) is 17.0. The van der Waals surface area contributed by atoms with E-state index in [9.17, 15) is 14.4 Å². The van der Waals surface area contributed by atoms with Gasteiger partial charge in [0.1, 0.15) is 5.82 Å². The average Bonchev–Trinajstić information content (AvgIpc) is 2.99. The van der Waals surface area contributed by atoms with Crippen molar-refractivity contribution < 1.29 is 19.1 Å². The summed E-state index contributed by atoms with van der Waals surface area (Å²) >= 11 is 0. The number of benzene rings is 2. The molecule has 0 radical (unpaired) electrons. The lowest BCUT2D eigenvalue weighted by Gasteiger charge is -2.36. The van der Waals surface area contributed by atoms with Gasteiger partial charge in [0, 0.05) is 86.1 Å². The lowest BCUT2D eigenvalue weighted by atomic mass is 10.0. The van der Waals surface area contributed by atoms with Crippen molar-refractivity contribution in [2.75, 3.05) is 66.7 Å². The summed E-state index contributed by atoms with van der Waals surface area (Å²) in [6.07, 6.45) is 1.63. The summed E-state index contributed by atoms with van der Waals surface area (Å²) in [5.41, 5.74) is 4.50. The van der Waals surface area contributed by atoms with E-state index in [0.29, 0.717) is 62.2 Å². The molecule has 2 aliphatic heterocycles. The second-order valence-corrected chi connectivity index (χ2v) is 10.4. The van der Waals surface area contributed by atoms with Gasteiger partial charge in [-0.15, -0.1) is 0 Å². The molecule has 1 atom stereocenters. The van der Waals surface area contributed by atoms with E-state index in [1.165, 1.54) is 13.8 Å².